The van der Waals surface area contributed by atoms with Crippen molar-refractivity contribution < 1.29 is 18.3 Å². The lowest BCUT2D eigenvalue weighted by molar-refractivity contribution is -0.124. The zero-order valence-electron chi connectivity index (χ0n) is 10.0. The summed E-state index contributed by atoms with van der Waals surface area (Å²) in [6.07, 6.45) is 0.714. The number of nitrogens with one attached hydrogen (secondary N) is 1. The van der Waals surface area contributed by atoms with E-state index in [-0.39, 0.29) is 6.61 Å². The Morgan fingerprint density at radius 1 is 1.59 bits per heavy atom. The van der Waals surface area contributed by atoms with E-state index in [4.69, 9.17) is 10.5 Å². The molecule has 6 heteroatoms. The normalized spacial score (nSPS) is 19.3. The maximum absolute atomic E-state index is 11.8. The van der Waals surface area contributed by atoms with Crippen molar-refractivity contribution in [2.45, 2.75) is 50.6 Å². The molecule has 3 N–H and O–H groups in total. The molecule has 1 aliphatic rings. The molecule has 0 aliphatic heterocycles. The summed E-state index contributed by atoms with van der Waals surface area (Å²) in [5, 5.41) is 3.19. The van der Waals surface area contributed by atoms with Crippen LogP contribution < -0.4 is 11.1 Å². The van der Waals surface area contributed by atoms with Crippen LogP contribution in [0.1, 0.15) is 32.6 Å². The van der Waals surface area contributed by atoms with E-state index in [0.29, 0.717) is 18.9 Å². The molecule has 4 nitrogen and oxygen atoms in total. The number of hydrogen-bond acceptors (Lipinski definition) is 3. The Balaban J connectivity index is 2.21. The molecule has 17 heavy (non-hydrogen) atoms. The summed E-state index contributed by atoms with van der Waals surface area (Å²) in [4.78, 5) is 11.4. The zero-order valence-corrected chi connectivity index (χ0v) is 10.0. The number of alkyl halides is 2. The van der Waals surface area contributed by atoms with Gasteiger partial charge in [-0.2, -0.15) is 0 Å². The third kappa shape index (κ3) is 5.41. The molecule has 1 fully saturated rings. The van der Waals surface area contributed by atoms with Crippen molar-refractivity contribution in [2.75, 3.05) is 13.2 Å². The molecule has 0 aromatic carbocycles. The maximum atomic E-state index is 11.8. The average molecular weight is 250 g/mol. The van der Waals surface area contributed by atoms with Crippen molar-refractivity contribution in [1.82, 2.24) is 5.32 Å². The molecule has 0 radical (unpaired) electrons. The molecular formula is C11H20F2N2O2. The van der Waals surface area contributed by atoms with Gasteiger partial charge in [-0.1, -0.05) is 0 Å². The third-order valence-electron chi connectivity index (χ3n) is 2.85. The Labute approximate surface area is 99.9 Å². The Morgan fingerprint density at radius 2 is 2.24 bits per heavy atom. The lowest BCUT2D eigenvalue weighted by atomic mass is 9.95. The van der Waals surface area contributed by atoms with Crippen LogP contribution in [-0.2, 0) is 9.53 Å². The lowest BCUT2D eigenvalue weighted by Gasteiger charge is -2.27. The van der Waals surface area contributed by atoms with Crippen molar-refractivity contribution in [3.8, 4) is 0 Å². The average Bonchev–Trinajstić information content (AvgIpc) is 3.00. The molecule has 0 bridgehead atoms. The van der Waals surface area contributed by atoms with E-state index >= 15 is 0 Å². The number of nitrogens with two attached hydrogens (primary N) is 1. The third-order valence-corrected chi connectivity index (χ3v) is 2.85. The van der Waals surface area contributed by atoms with Gasteiger partial charge in [0, 0.05) is 12.6 Å². The first-order valence-corrected chi connectivity index (χ1v) is 5.87. The lowest BCUT2D eigenvalue weighted by Crippen LogP contribution is -2.54. The molecule has 1 atom stereocenters. The molecule has 0 aromatic heterocycles. The van der Waals surface area contributed by atoms with Crippen LogP contribution in [0.25, 0.3) is 0 Å². The van der Waals surface area contributed by atoms with Gasteiger partial charge in [0.2, 0.25) is 5.91 Å². The second kappa shape index (κ2) is 6.26. The summed E-state index contributed by atoms with van der Waals surface area (Å²) in [7, 11) is 0. The largest absolute Gasteiger partial charge is 0.376 e. The van der Waals surface area contributed by atoms with Crippen LogP contribution in [0.15, 0.2) is 0 Å². The molecular weight excluding hydrogens is 230 g/mol. The number of halogens is 2. The Hall–Kier alpha value is -0.750. The second-order valence-corrected chi connectivity index (χ2v) is 4.68. The standard InChI is InChI=1S/C11H20F2N2O2/c1-11(10(14)16,15-8-3-4-8)5-2-6-17-7-9(12)13/h8-9,15H,2-7H2,1H3,(H2,14,16). The van der Waals surface area contributed by atoms with E-state index in [9.17, 15) is 13.6 Å². The predicted molar refractivity (Wildman–Crippen MR) is 59.8 cm³/mol. The van der Waals surface area contributed by atoms with Crippen molar-refractivity contribution in [3.05, 3.63) is 0 Å². The van der Waals surface area contributed by atoms with Crippen molar-refractivity contribution in [2.24, 2.45) is 5.73 Å². The van der Waals surface area contributed by atoms with Gasteiger partial charge in [-0.3, -0.25) is 4.79 Å². The molecule has 1 amide bonds. The van der Waals surface area contributed by atoms with Gasteiger partial charge in [-0.05, 0) is 32.6 Å². The van der Waals surface area contributed by atoms with Crippen LogP contribution in [0.4, 0.5) is 8.78 Å². The number of carbonyl (C=O) groups is 1. The van der Waals surface area contributed by atoms with Crippen molar-refractivity contribution in [3.63, 3.8) is 0 Å². The van der Waals surface area contributed by atoms with E-state index in [1.165, 1.54) is 0 Å². The first kappa shape index (κ1) is 14.3. The number of primary amides is 1. The molecule has 100 valence electrons. The van der Waals surface area contributed by atoms with E-state index in [1.54, 1.807) is 6.92 Å². The molecule has 1 unspecified atom stereocenters. The second-order valence-electron chi connectivity index (χ2n) is 4.68. The summed E-state index contributed by atoms with van der Waals surface area (Å²) in [5.74, 6) is -0.404. The van der Waals surface area contributed by atoms with E-state index in [2.05, 4.69) is 5.32 Å². The summed E-state index contributed by atoms with van der Waals surface area (Å²) < 4.78 is 28.3. The fraction of sp³-hybridized carbons (Fsp3) is 0.909. The van der Waals surface area contributed by atoms with Gasteiger partial charge < -0.3 is 15.8 Å². The van der Waals surface area contributed by atoms with Crippen molar-refractivity contribution in [1.29, 1.82) is 0 Å². The Morgan fingerprint density at radius 3 is 2.71 bits per heavy atom. The fourth-order valence-corrected chi connectivity index (χ4v) is 1.64. The molecule has 0 aromatic rings. The highest BCUT2D eigenvalue weighted by Crippen LogP contribution is 2.24. The number of carbonyl (C=O) groups excluding carboxylic acids is 1. The van der Waals surface area contributed by atoms with Gasteiger partial charge in [-0.25, -0.2) is 8.78 Å². The molecule has 1 saturated carbocycles. The number of rotatable bonds is 9. The van der Waals surface area contributed by atoms with Gasteiger partial charge in [-0.15, -0.1) is 0 Å². The molecule has 0 spiro atoms. The Kier molecular flexibility index (Phi) is 5.27. The SMILES string of the molecule is CC(CCCOCC(F)F)(NC1CC1)C(N)=O. The topological polar surface area (TPSA) is 64.3 Å². The fourth-order valence-electron chi connectivity index (χ4n) is 1.64. The van der Waals surface area contributed by atoms with E-state index < -0.39 is 24.5 Å². The molecule has 1 aliphatic carbocycles. The minimum atomic E-state index is -2.44. The highest BCUT2D eigenvalue weighted by molar-refractivity contribution is 5.84. The summed E-state index contributed by atoms with van der Waals surface area (Å²) in [6.45, 7) is 1.42. The number of hydrogen-bond donors (Lipinski definition) is 2. The van der Waals surface area contributed by atoms with Crippen LogP contribution in [0, 0.1) is 0 Å². The summed E-state index contributed by atoms with van der Waals surface area (Å²) in [5.41, 5.74) is 4.59. The predicted octanol–water partition coefficient (Wildman–Crippen LogP) is 1.04. The molecule has 1 rings (SSSR count). The minimum Gasteiger partial charge on any atom is -0.376 e. The zero-order chi connectivity index (χ0) is 12.9. The minimum absolute atomic E-state index is 0.222. The van der Waals surface area contributed by atoms with Gasteiger partial charge in [0.15, 0.2) is 0 Å². The highest BCUT2D eigenvalue weighted by atomic mass is 19.3. The smallest absolute Gasteiger partial charge is 0.261 e. The Bertz CT molecular complexity index is 260. The van der Waals surface area contributed by atoms with Gasteiger partial charge in [0.1, 0.15) is 6.61 Å². The highest BCUT2D eigenvalue weighted by Gasteiger charge is 2.36. The van der Waals surface area contributed by atoms with Gasteiger partial charge in [0.25, 0.3) is 6.43 Å². The van der Waals surface area contributed by atoms with E-state index in [0.717, 1.165) is 12.8 Å². The van der Waals surface area contributed by atoms with Crippen LogP contribution in [-0.4, -0.2) is 37.1 Å². The van der Waals surface area contributed by atoms with Crippen molar-refractivity contribution >= 4 is 5.91 Å². The van der Waals surface area contributed by atoms with Crippen LogP contribution in [0.5, 0.6) is 0 Å². The van der Waals surface area contributed by atoms with Gasteiger partial charge in [0.05, 0.1) is 5.54 Å². The van der Waals surface area contributed by atoms with Crippen LogP contribution in [0.3, 0.4) is 0 Å². The first-order valence-electron chi connectivity index (χ1n) is 5.87. The number of ether oxygens (including phenoxy) is 1. The first-order chi connectivity index (χ1) is 7.94. The van der Waals surface area contributed by atoms with Crippen LogP contribution >= 0.6 is 0 Å². The summed E-state index contributed by atoms with van der Waals surface area (Å²) >= 11 is 0. The van der Waals surface area contributed by atoms with E-state index in [1.807, 2.05) is 0 Å². The monoisotopic (exact) mass is 250 g/mol. The molecule has 0 saturated heterocycles. The molecule has 0 heterocycles. The van der Waals surface area contributed by atoms with Gasteiger partial charge >= 0.3 is 0 Å². The number of amides is 1. The quantitative estimate of drug-likeness (QED) is 0.601. The summed E-state index contributed by atoms with van der Waals surface area (Å²) in [6, 6.07) is 0.370. The maximum Gasteiger partial charge on any atom is 0.261 e. The van der Waals surface area contributed by atoms with Crippen LogP contribution in [0.2, 0.25) is 0 Å².